The number of aromatic nitrogens is 1. The highest BCUT2D eigenvalue weighted by molar-refractivity contribution is 5.94. The number of carboxylic acid groups (broad SMARTS) is 1. The van der Waals surface area contributed by atoms with Gasteiger partial charge in [0.1, 0.15) is 12.6 Å². The summed E-state index contributed by atoms with van der Waals surface area (Å²) in [5.74, 6) is -1.54. The maximum absolute atomic E-state index is 11.6. The zero-order valence-corrected chi connectivity index (χ0v) is 9.75. The highest BCUT2D eigenvalue weighted by Crippen LogP contribution is 2.05. The Bertz CT molecular complexity index is 416. The highest BCUT2D eigenvalue weighted by atomic mass is 16.5. The fraction of sp³-hybridized carbons (Fsp3) is 0.500. The molecule has 1 rings (SSSR count). The third-order valence-electron chi connectivity index (χ3n) is 2.10. The normalized spacial score (nSPS) is 12.1. The van der Waals surface area contributed by atoms with Gasteiger partial charge in [-0.1, -0.05) is 5.16 Å². The molecule has 0 aromatic carbocycles. The zero-order chi connectivity index (χ0) is 13.5. The number of hydrogen-bond acceptors (Lipinski definition) is 6. The van der Waals surface area contributed by atoms with Crippen molar-refractivity contribution in [1.82, 2.24) is 10.5 Å². The predicted octanol–water partition coefficient (Wildman–Crippen LogP) is -0.614. The van der Waals surface area contributed by atoms with Crippen molar-refractivity contribution in [3.63, 3.8) is 0 Å². The number of aliphatic hydroxyl groups is 1. The third kappa shape index (κ3) is 3.82. The minimum absolute atomic E-state index is 0.0359. The largest absolute Gasteiger partial charge is 0.480 e. The highest BCUT2D eigenvalue weighted by Gasteiger charge is 2.22. The maximum atomic E-state index is 11.6. The molecule has 0 saturated heterocycles. The van der Waals surface area contributed by atoms with Crippen LogP contribution >= 0.6 is 0 Å². The van der Waals surface area contributed by atoms with Crippen molar-refractivity contribution in [3.8, 4) is 0 Å². The van der Waals surface area contributed by atoms with E-state index in [1.165, 1.54) is 13.2 Å². The molecule has 1 aromatic rings. The van der Waals surface area contributed by atoms with Crippen LogP contribution in [0.15, 0.2) is 10.6 Å². The van der Waals surface area contributed by atoms with Gasteiger partial charge in [-0.25, -0.2) is 4.79 Å². The number of carbonyl (C=O) groups is 2. The summed E-state index contributed by atoms with van der Waals surface area (Å²) < 4.78 is 9.58. The van der Waals surface area contributed by atoms with E-state index in [1.54, 1.807) is 0 Å². The van der Waals surface area contributed by atoms with Gasteiger partial charge in [-0.15, -0.1) is 0 Å². The minimum Gasteiger partial charge on any atom is -0.480 e. The Morgan fingerprint density at radius 3 is 2.89 bits per heavy atom. The van der Waals surface area contributed by atoms with Crippen LogP contribution in [0, 0.1) is 0 Å². The second kappa shape index (κ2) is 6.72. The molecule has 0 fully saturated rings. The lowest BCUT2D eigenvalue weighted by Gasteiger charge is -2.11. The zero-order valence-electron chi connectivity index (χ0n) is 9.75. The van der Waals surface area contributed by atoms with Gasteiger partial charge >= 0.3 is 5.97 Å². The fourth-order valence-electron chi connectivity index (χ4n) is 1.25. The number of aliphatic hydroxyl groups excluding tert-OH is 1. The molecule has 0 bridgehead atoms. The first-order valence-electron chi connectivity index (χ1n) is 5.17. The Balaban J connectivity index is 2.64. The molecule has 1 amide bonds. The van der Waals surface area contributed by atoms with Crippen LogP contribution < -0.4 is 5.32 Å². The molecule has 0 unspecified atom stereocenters. The molecule has 0 spiro atoms. The van der Waals surface area contributed by atoms with Crippen LogP contribution in [0.4, 0.5) is 0 Å². The van der Waals surface area contributed by atoms with Crippen molar-refractivity contribution in [1.29, 1.82) is 0 Å². The van der Waals surface area contributed by atoms with E-state index >= 15 is 0 Å². The first-order chi connectivity index (χ1) is 8.58. The SMILES string of the molecule is COCc1cc(C(=O)N[C@@H](CCO)C(=O)O)no1. The fourth-order valence-corrected chi connectivity index (χ4v) is 1.25. The second-order valence-corrected chi connectivity index (χ2v) is 3.49. The number of carboxylic acids is 1. The van der Waals surface area contributed by atoms with Crippen LogP contribution in [0.25, 0.3) is 0 Å². The molecular weight excluding hydrogens is 244 g/mol. The molecule has 1 atom stereocenters. The summed E-state index contributed by atoms with van der Waals surface area (Å²) in [7, 11) is 1.46. The summed E-state index contributed by atoms with van der Waals surface area (Å²) >= 11 is 0. The van der Waals surface area contributed by atoms with E-state index in [4.69, 9.17) is 19.5 Å². The molecule has 18 heavy (non-hydrogen) atoms. The van der Waals surface area contributed by atoms with Crippen LogP contribution in [0.1, 0.15) is 22.7 Å². The summed E-state index contributed by atoms with van der Waals surface area (Å²) in [5.41, 5.74) is -0.0359. The van der Waals surface area contributed by atoms with Gasteiger partial charge in [0.15, 0.2) is 11.5 Å². The molecule has 0 aliphatic carbocycles. The molecule has 1 heterocycles. The number of nitrogens with one attached hydrogen (secondary N) is 1. The Kier molecular flexibility index (Phi) is 5.28. The lowest BCUT2D eigenvalue weighted by atomic mass is 10.2. The van der Waals surface area contributed by atoms with E-state index in [-0.39, 0.29) is 25.3 Å². The van der Waals surface area contributed by atoms with E-state index in [1.807, 2.05) is 0 Å². The molecule has 8 nitrogen and oxygen atoms in total. The molecule has 0 saturated carbocycles. The summed E-state index contributed by atoms with van der Waals surface area (Å²) in [4.78, 5) is 22.4. The second-order valence-electron chi connectivity index (χ2n) is 3.49. The average Bonchev–Trinajstić information content (AvgIpc) is 2.77. The minimum atomic E-state index is -1.22. The van der Waals surface area contributed by atoms with Crippen LogP contribution in [-0.2, 0) is 16.1 Å². The number of ether oxygens (including phenoxy) is 1. The van der Waals surface area contributed by atoms with Crippen molar-refractivity contribution in [3.05, 3.63) is 17.5 Å². The number of aliphatic carboxylic acids is 1. The lowest BCUT2D eigenvalue weighted by molar-refractivity contribution is -0.139. The summed E-state index contributed by atoms with van der Waals surface area (Å²) in [6.07, 6.45) is -0.0795. The van der Waals surface area contributed by atoms with Crippen LogP contribution in [-0.4, -0.2) is 47.0 Å². The monoisotopic (exact) mass is 258 g/mol. The first kappa shape index (κ1) is 14.1. The summed E-state index contributed by atoms with van der Waals surface area (Å²) in [6.45, 7) is -0.176. The van der Waals surface area contributed by atoms with Gasteiger partial charge in [-0.05, 0) is 0 Å². The maximum Gasteiger partial charge on any atom is 0.326 e. The number of nitrogens with zero attached hydrogens (tertiary/aromatic N) is 1. The standard InChI is InChI=1S/C10H14N2O6/c1-17-5-6-4-8(12-18-6)9(14)11-7(2-3-13)10(15)16/h4,7,13H,2-3,5H2,1H3,(H,11,14)(H,15,16)/t7-/m0/s1. The van der Waals surface area contributed by atoms with E-state index in [0.29, 0.717) is 5.76 Å². The predicted molar refractivity (Wildman–Crippen MR) is 57.8 cm³/mol. The van der Waals surface area contributed by atoms with Crippen LogP contribution in [0.5, 0.6) is 0 Å². The average molecular weight is 258 g/mol. The van der Waals surface area contributed by atoms with Gasteiger partial charge in [0, 0.05) is 26.2 Å². The van der Waals surface area contributed by atoms with Crippen LogP contribution in [0.3, 0.4) is 0 Å². The molecule has 3 N–H and O–H groups in total. The van der Waals surface area contributed by atoms with Gasteiger partial charge in [-0.2, -0.15) is 0 Å². The molecule has 100 valence electrons. The molecular formula is C10H14N2O6. The molecule has 8 heteroatoms. The third-order valence-corrected chi connectivity index (χ3v) is 2.10. The lowest BCUT2D eigenvalue weighted by Crippen LogP contribution is -2.41. The van der Waals surface area contributed by atoms with Crippen LogP contribution in [0.2, 0.25) is 0 Å². The number of rotatable bonds is 7. The van der Waals surface area contributed by atoms with Crippen molar-refractivity contribution in [2.75, 3.05) is 13.7 Å². The van der Waals surface area contributed by atoms with Crippen molar-refractivity contribution in [2.24, 2.45) is 0 Å². The molecule has 0 aliphatic rings. The summed E-state index contributed by atoms with van der Waals surface area (Å²) in [5, 5.41) is 23.2. The van der Waals surface area contributed by atoms with Gasteiger partial charge in [0.05, 0.1) is 0 Å². The van der Waals surface area contributed by atoms with E-state index in [9.17, 15) is 9.59 Å². The number of carbonyl (C=O) groups excluding carboxylic acids is 1. The van der Waals surface area contributed by atoms with E-state index < -0.39 is 17.9 Å². The van der Waals surface area contributed by atoms with Crippen molar-refractivity contribution < 1.29 is 29.1 Å². The van der Waals surface area contributed by atoms with Crippen molar-refractivity contribution >= 4 is 11.9 Å². The van der Waals surface area contributed by atoms with E-state index in [2.05, 4.69) is 10.5 Å². The van der Waals surface area contributed by atoms with Crippen molar-refractivity contribution in [2.45, 2.75) is 19.1 Å². The van der Waals surface area contributed by atoms with Gasteiger partial charge in [-0.3, -0.25) is 4.79 Å². The van der Waals surface area contributed by atoms with E-state index in [0.717, 1.165) is 0 Å². The number of hydrogen-bond donors (Lipinski definition) is 3. The Labute approximate surface area is 103 Å². The molecule has 0 radical (unpaired) electrons. The number of amides is 1. The van der Waals surface area contributed by atoms with Gasteiger partial charge in [0.2, 0.25) is 0 Å². The number of methoxy groups -OCH3 is 1. The Hall–Kier alpha value is -1.93. The topological polar surface area (TPSA) is 122 Å². The molecule has 1 aromatic heterocycles. The quantitative estimate of drug-likeness (QED) is 0.596. The smallest absolute Gasteiger partial charge is 0.326 e. The van der Waals surface area contributed by atoms with Gasteiger partial charge < -0.3 is 24.8 Å². The first-order valence-corrected chi connectivity index (χ1v) is 5.17. The Morgan fingerprint density at radius 1 is 1.61 bits per heavy atom. The van der Waals surface area contributed by atoms with Gasteiger partial charge in [0.25, 0.3) is 5.91 Å². The molecule has 0 aliphatic heterocycles. The Morgan fingerprint density at radius 2 is 2.33 bits per heavy atom. The summed E-state index contributed by atoms with van der Waals surface area (Å²) in [6, 6.07) is 0.196.